The molecule has 3 amide bonds. The van der Waals surface area contributed by atoms with E-state index < -0.39 is 47.9 Å². The van der Waals surface area contributed by atoms with Crippen molar-refractivity contribution >= 4 is 46.4 Å². The average molecular weight is 610 g/mol. The third kappa shape index (κ3) is 8.68. The van der Waals surface area contributed by atoms with Crippen LogP contribution in [-0.4, -0.2) is 89.9 Å². The van der Waals surface area contributed by atoms with Crippen LogP contribution in [0.5, 0.6) is 0 Å². The van der Waals surface area contributed by atoms with Gasteiger partial charge in [0.1, 0.15) is 18.1 Å². The van der Waals surface area contributed by atoms with E-state index in [0.29, 0.717) is 17.1 Å². The fourth-order valence-corrected chi connectivity index (χ4v) is 5.07. The molecule has 0 radical (unpaired) electrons. The summed E-state index contributed by atoms with van der Waals surface area (Å²) >= 11 is 1.46. The highest BCUT2D eigenvalue weighted by atomic mass is 32.2. The lowest BCUT2D eigenvalue weighted by Gasteiger charge is -2.25. The minimum atomic E-state index is -1.17. The van der Waals surface area contributed by atoms with Crippen LogP contribution in [0.25, 0.3) is 10.9 Å². The number of nitrogens with two attached hydrogens (primary N) is 1. The number of H-pyrrole nitrogens is 3. The van der Waals surface area contributed by atoms with E-state index in [1.165, 1.54) is 30.6 Å². The Morgan fingerprint density at radius 2 is 1.47 bits per heavy atom. The Balaban J connectivity index is 1.56. The van der Waals surface area contributed by atoms with E-state index in [4.69, 9.17) is 5.73 Å². The Morgan fingerprint density at radius 1 is 0.860 bits per heavy atom. The quantitative estimate of drug-likeness (QED) is 0.0871. The molecule has 4 unspecified atom stereocenters. The summed E-state index contributed by atoms with van der Waals surface area (Å²) in [7, 11) is 0. The van der Waals surface area contributed by atoms with Crippen molar-refractivity contribution < 1.29 is 24.3 Å². The number of hydrogen-bond donors (Lipinski definition) is 8. The van der Waals surface area contributed by atoms with Gasteiger partial charge in [0.15, 0.2) is 0 Å². The Kier molecular flexibility index (Phi) is 10.9. The maximum Gasteiger partial charge on any atom is 0.326 e. The van der Waals surface area contributed by atoms with Crippen LogP contribution in [0, 0.1) is 0 Å². The van der Waals surface area contributed by atoms with Crippen molar-refractivity contribution in [3.05, 3.63) is 72.5 Å². The number of carbonyl (C=O) groups excluding carboxylic acids is 3. The summed E-state index contributed by atoms with van der Waals surface area (Å²) in [6, 6.07) is 3.12. The number of fused-ring (bicyclic) bond motifs is 1. The van der Waals surface area contributed by atoms with Crippen molar-refractivity contribution in [2.45, 2.75) is 49.9 Å². The molecule has 4 atom stereocenters. The second-order valence-electron chi connectivity index (χ2n) is 10.0. The molecule has 0 fully saturated rings. The first kappa shape index (κ1) is 31.3. The number of amides is 3. The molecule has 0 bridgehead atoms. The Hall–Kier alpha value is -4.63. The second-order valence-corrected chi connectivity index (χ2v) is 11.0. The number of aliphatic carboxylic acids is 1. The molecule has 0 saturated heterocycles. The van der Waals surface area contributed by atoms with E-state index in [9.17, 15) is 24.3 Å². The first-order valence-corrected chi connectivity index (χ1v) is 15.0. The van der Waals surface area contributed by atoms with Gasteiger partial charge >= 0.3 is 5.97 Å². The molecule has 15 heteroatoms. The summed E-state index contributed by atoms with van der Waals surface area (Å²) < 4.78 is 0. The minimum absolute atomic E-state index is 0.0429. The lowest BCUT2D eigenvalue weighted by atomic mass is 10.0. The minimum Gasteiger partial charge on any atom is -0.480 e. The van der Waals surface area contributed by atoms with Gasteiger partial charge < -0.3 is 41.7 Å². The zero-order valence-electron chi connectivity index (χ0n) is 23.5. The average Bonchev–Trinajstić information content (AvgIpc) is 3.77. The number of para-hydroxylation sites is 1. The van der Waals surface area contributed by atoms with Gasteiger partial charge in [-0.05, 0) is 30.1 Å². The summed E-state index contributed by atoms with van der Waals surface area (Å²) in [4.78, 5) is 69.0. The lowest BCUT2D eigenvalue weighted by molar-refractivity contribution is -0.142. The molecular formula is C28H35N9O5S. The Labute approximate surface area is 251 Å². The Bertz CT molecular complexity index is 1510. The van der Waals surface area contributed by atoms with Crippen molar-refractivity contribution in [2.24, 2.45) is 5.73 Å². The molecule has 4 rings (SSSR count). The number of nitrogens with one attached hydrogen (secondary N) is 6. The van der Waals surface area contributed by atoms with Crippen LogP contribution in [0.1, 0.15) is 23.4 Å². The number of benzene rings is 1. The van der Waals surface area contributed by atoms with E-state index in [1.54, 1.807) is 12.4 Å². The van der Waals surface area contributed by atoms with E-state index in [1.807, 2.05) is 30.5 Å². The molecule has 0 aliphatic heterocycles. The van der Waals surface area contributed by atoms with Crippen LogP contribution in [0.15, 0.2) is 55.5 Å². The topological polar surface area (TPSA) is 224 Å². The number of carboxylic acids is 1. The molecule has 4 aromatic rings. The third-order valence-corrected chi connectivity index (χ3v) is 7.54. The maximum absolute atomic E-state index is 13.7. The van der Waals surface area contributed by atoms with Gasteiger partial charge in [-0.2, -0.15) is 11.8 Å². The molecule has 0 saturated carbocycles. The first-order chi connectivity index (χ1) is 20.7. The number of thioether (sulfide) groups is 1. The number of carboxylic acid groups (broad SMARTS) is 1. The largest absolute Gasteiger partial charge is 0.480 e. The number of nitrogens with zero attached hydrogens (tertiary/aromatic N) is 2. The van der Waals surface area contributed by atoms with E-state index in [0.717, 1.165) is 16.5 Å². The fraction of sp³-hybridized carbons (Fsp3) is 0.357. The molecule has 9 N–H and O–H groups in total. The number of carbonyl (C=O) groups is 4. The highest BCUT2D eigenvalue weighted by Gasteiger charge is 2.31. The van der Waals surface area contributed by atoms with Gasteiger partial charge in [-0.1, -0.05) is 18.2 Å². The summed E-state index contributed by atoms with van der Waals surface area (Å²) in [5.74, 6) is -2.53. The first-order valence-electron chi connectivity index (χ1n) is 13.6. The fourth-order valence-electron chi connectivity index (χ4n) is 4.60. The van der Waals surface area contributed by atoms with Gasteiger partial charge in [0.25, 0.3) is 0 Å². The zero-order chi connectivity index (χ0) is 30.8. The van der Waals surface area contributed by atoms with Crippen LogP contribution in [0.3, 0.4) is 0 Å². The van der Waals surface area contributed by atoms with Gasteiger partial charge in [0.2, 0.25) is 17.7 Å². The van der Waals surface area contributed by atoms with Crippen LogP contribution in [0.4, 0.5) is 0 Å². The van der Waals surface area contributed by atoms with E-state index in [-0.39, 0.29) is 25.7 Å². The monoisotopic (exact) mass is 609 g/mol. The van der Waals surface area contributed by atoms with Crippen molar-refractivity contribution in [3.8, 4) is 0 Å². The van der Waals surface area contributed by atoms with Crippen LogP contribution >= 0.6 is 11.8 Å². The number of aromatic nitrogens is 5. The highest BCUT2D eigenvalue weighted by Crippen LogP contribution is 2.19. The Morgan fingerprint density at radius 3 is 2.09 bits per heavy atom. The predicted molar refractivity (Wildman–Crippen MR) is 161 cm³/mol. The van der Waals surface area contributed by atoms with Gasteiger partial charge in [-0.15, -0.1) is 0 Å². The van der Waals surface area contributed by atoms with Gasteiger partial charge in [0, 0.05) is 60.1 Å². The summed E-state index contributed by atoms with van der Waals surface area (Å²) in [6.45, 7) is 0. The number of hydrogen-bond acceptors (Lipinski definition) is 8. The molecule has 14 nitrogen and oxygen atoms in total. The zero-order valence-corrected chi connectivity index (χ0v) is 24.3. The molecule has 1 aromatic carbocycles. The number of imidazole rings is 2. The molecule has 228 valence electrons. The SMILES string of the molecule is CSCCC(NC(=O)C(Cc1c[nH]c2ccccc12)NC(=O)C(Cc1cnc[nH]1)NC(=O)C(N)Cc1cnc[nH]1)C(=O)O. The second kappa shape index (κ2) is 15.0. The van der Waals surface area contributed by atoms with E-state index in [2.05, 4.69) is 40.9 Å². The van der Waals surface area contributed by atoms with Crippen molar-refractivity contribution in [1.29, 1.82) is 0 Å². The molecule has 0 aliphatic rings. The van der Waals surface area contributed by atoms with Crippen molar-refractivity contribution in [1.82, 2.24) is 40.9 Å². The predicted octanol–water partition coefficient (Wildman–Crippen LogP) is 0.261. The molecular weight excluding hydrogens is 574 g/mol. The smallest absolute Gasteiger partial charge is 0.326 e. The number of rotatable bonds is 16. The normalized spacial score (nSPS) is 14.0. The summed E-state index contributed by atoms with van der Waals surface area (Å²) in [6.07, 6.45) is 10.1. The standard InChI is InChI=1S/C28H35N9O5S/c1-43-7-6-22(28(41)42)35-26(39)23(8-16-11-32-21-5-3-2-4-19(16)21)37-27(40)24(10-18-13-31-15-34-18)36-25(38)20(29)9-17-12-30-14-33-17/h2-5,11-15,20,22-24,32H,6-10,29H2,1H3,(H,30,33)(H,31,34)(H,35,39)(H,36,38)(H,37,40)(H,41,42). The van der Waals surface area contributed by atoms with Crippen LogP contribution in [0.2, 0.25) is 0 Å². The van der Waals surface area contributed by atoms with Crippen LogP contribution in [-0.2, 0) is 38.4 Å². The molecule has 3 heterocycles. The summed E-state index contributed by atoms with van der Waals surface area (Å²) in [5, 5.41) is 18.6. The lowest BCUT2D eigenvalue weighted by Crippen LogP contribution is -2.58. The van der Waals surface area contributed by atoms with Crippen molar-refractivity contribution in [2.75, 3.05) is 12.0 Å². The van der Waals surface area contributed by atoms with Crippen molar-refractivity contribution in [3.63, 3.8) is 0 Å². The third-order valence-electron chi connectivity index (χ3n) is 6.90. The summed E-state index contributed by atoms with van der Waals surface area (Å²) in [5.41, 5.74) is 8.94. The van der Waals surface area contributed by atoms with Gasteiger partial charge in [-0.25, -0.2) is 14.8 Å². The maximum atomic E-state index is 13.7. The molecule has 3 aromatic heterocycles. The van der Waals surface area contributed by atoms with Gasteiger partial charge in [0.05, 0.1) is 18.7 Å². The molecule has 43 heavy (non-hydrogen) atoms. The molecule has 0 aliphatic carbocycles. The number of aromatic amines is 3. The van der Waals surface area contributed by atoms with Crippen LogP contribution < -0.4 is 21.7 Å². The molecule has 0 spiro atoms. The van der Waals surface area contributed by atoms with Gasteiger partial charge in [-0.3, -0.25) is 14.4 Å². The van der Waals surface area contributed by atoms with E-state index >= 15 is 0 Å². The highest BCUT2D eigenvalue weighted by molar-refractivity contribution is 7.98.